The number of hydrogen-bond acceptors (Lipinski definition) is 6. The molecule has 1 aliphatic rings. The lowest BCUT2D eigenvalue weighted by Crippen LogP contribution is -2.45. The Labute approximate surface area is 188 Å². The lowest BCUT2D eigenvalue weighted by molar-refractivity contribution is -0.154. The number of fused-ring (bicyclic) bond motifs is 1. The summed E-state index contributed by atoms with van der Waals surface area (Å²) in [5, 5.41) is 0.968. The highest BCUT2D eigenvalue weighted by molar-refractivity contribution is 5.84. The van der Waals surface area contributed by atoms with Crippen LogP contribution < -0.4 is 0 Å². The average molecular weight is 439 g/mol. The first-order valence-corrected chi connectivity index (χ1v) is 10.9. The number of carbonyl (C=O) groups excluding carboxylic acids is 3. The molecule has 0 saturated carbocycles. The molecule has 32 heavy (non-hydrogen) atoms. The summed E-state index contributed by atoms with van der Waals surface area (Å²) < 4.78 is 10.3. The van der Waals surface area contributed by atoms with E-state index in [1.807, 2.05) is 49.4 Å². The topological polar surface area (TPSA) is 85.8 Å². The van der Waals surface area contributed by atoms with E-state index in [0.717, 1.165) is 16.5 Å². The lowest BCUT2D eigenvalue weighted by atomic mass is 9.77. The van der Waals surface area contributed by atoms with Crippen LogP contribution in [-0.2, 0) is 23.9 Å². The number of piperidine rings is 1. The van der Waals surface area contributed by atoms with E-state index in [1.165, 1.54) is 14.0 Å². The first-order valence-electron chi connectivity index (χ1n) is 10.9. The zero-order chi connectivity index (χ0) is 23.3. The third-order valence-electron chi connectivity index (χ3n) is 5.99. The van der Waals surface area contributed by atoms with Crippen LogP contribution in [0.15, 0.2) is 36.4 Å². The monoisotopic (exact) mass is 438 g/mol. The second-order valence-electron chi connectivity index (χ2n) is 8.16. The molecule has 2 heterocycles. The van der Waals surface area contributed by atoms with Crippen molar-refractivity contribution in [2.75, 3.05) is 20.2 Å². The van der Waals surface area contributed by atoms with Crippen molar-refractivity contribution < 1.29 is 23.9 Å². The maximum absolute atomic E-state index is 12.6. The Morgan fingerprint density at radius 3 is 2.50 bits per heavy atom. The summed E-state index contributed by atoms with van der Waals surface area (Å²) in [6, 6.07) is 9.67. The van der Waals surface area contributed by atoms with E-state index in [1.54, 1.807) is 11.8 Å². The number of hydrogen-bond donors (Lipinski definition) is 0. The van der Waals surface area contributed by atoms with E-state index in [0.29, 0.717) is 38.0 Å². The summed E-state index contributed by atoms with van der Waals surface area (Å²) in [5.41, 5.74) is 1.59. The van der Waals surface area contributed by atoms with Crippen LogP contribution in [-0.4, -0.2) is 47.9 Å². The number of esters is 2. The van der Waals surface area contributed by atoms with Crippen LogP contribution in [0, 0.1) is 5.41 Å². The Bertz CT molecular complexity index is 1040. The van der Waals surface area contributed by atoms with Gasteiger partial charge in [0.1, 0.15) is 6.10 Å². The minimum absolute atomic E-state index is 0.104. The fourth-order valence-electron chi connectivity index (χ4n) is 4.07. The van der Waals surface area contributed by atoms with Crippen molar-refractivity contribution in [3.05, 3.63) is 47.7 Å². The Balaban J connectivity index is 1.85. The molecule has 7 nitrogen and oxygen atoms in total. The van der Waals surface area contributed by atoms with Crippen LogP contribution in [0.4, 0.5) is 0 Å². The third kappa shape index (κ3) is 5.15. The second kappa shape index (κ2) is 9.94. The second-order valence-corrected chi connectivity index (χ2v) is 8.16. The molecule has 170 valence electrons. The number of ether oxygens (including phenoxy) is 2. The van der Waals surface area contributed by atoms with Gasteiger partial charge in [-0.05, 0) is 37.5 Å². The molecular formula is C25H30N2O5. The molecular weight excluding hydrogens is 408 g/mol. The lowest BCUT2D eigenvalue weighted by Gasteiger charge is -2.37. The zero-order valence-electron chi connectivity index (χ0n) is 19.1. The number of likely N-dealkylation sites (tertiary alicyclic amines) is 1. The zero-order valence-corrected chi connectivity index (χ0v) is 19.1. The largest absolute Gasteiger partial charge is 0.468 e. The number of carbonyl (C=O) groups is 3. The fraction of sp³-hybridized carbons (Fsp3) is 0.440. The van der Waals surface area contributed by atoms with Gasteiger partial charge in [-0.25, -0.2) is 4.98 Å². The van der Waals surface area contributed by atoms with Gasteiger partial charge in [-0.2, -0.15) is 0 Å². The van der Waals surface area contributed by atoms with E-state index in [4.69, 9.17) is 9.47 Å². The molecule has 1 atom stereocenters. The van der Waals surface area contributed by atoms with Gasteiger partial charge in [-0.1, -0.05) is 37.3 Å². The summed E-state index contributed by atoms with van der Waals surface area (Å²) in [4.78, 5) is 42.4. The Kier molecular flexibility index (Phi) is 7.28. The van der Waals surface area contributed by atoms with Gasteiger partial charge >= 0.3 is 11.9 Å². The van der Waals surface area contributed by atoms with Crippen molar-refractivity contribution in [2.24, 2.45) is 5.41 Å². The highest BCUT2D eigenvalue weighted by Gasteiger charge is 2.41. The molecule has 0 N–H and O–H groups in total. The van der Waals surface area contributed by atoms with Gasteiger partial charge in [-0.3, -0.25) is 14.4 Å². The SMILES string of the molecule is CCC(=O)N1CCC(C=Cc2ccc3ccc(C(C)OC(C)=O)nc3c2)(C(=O)OC)CC1. The van der Waals surface area contributed by atoms with Crippen molar-refractivity contribution in [1.82, 2.24) is 9.88 Å². The number of amides is 1. The summed E-state index contributed by atoms with van der Waals surface area (Å²) in [6.07, 6.45) is 4.89. The first-order chi connectivity index (χ1) is 15.3. The van der Waals surface area contributed by atoms with Crippen LogP contribution in [0.2, 0.25) is 0 Å². The van der Waals surface area contributed by atoms with Crippen molar-refractivity contribution >= 4 is 34.8 Å². The van der Waals surface area contributed by atoms with Gasteiger partial charge in [0.15, 0.2) is 0 Å². The molecule has 0 bridgehead atoms. The average Bonchev–Trinajstić information content (AvgIpc) is 2.81. The fourth-order valence-corrected chi connectivity index (χ4v) is 4.07. The van der Waals surface area contributed by atoms with Gasteiger partial charge < -0.3 is 14.4 Å². The molecule has 1 aromatic carbocycles. The van der Waals surface area contributed by atoms with Gasteiger partial charge in [0.05, 0.1) is 23.7 Å². The van der Waals surface area contributed by atoms with Gasteiger partial charge in [0.25, 0.3) is 0 Å². The van der Waals surface area contributed by atoms with E-state index >= 15 is 0 Å². The van der Waals surface area contributed by atoms with Crippen molar-refractivity contribution in [2.45, 2.75) is 46.1 Å². The highest BCUT2D eigenvalue weighted by Crippen LogP contribution is 2.35. The predicted molar refractivity (Wildman–Crippen MR) is 122 cm³/mol. The third-order valence-corrected chi connectivity index (χ3v) is 5.99. The molecule has 1 aromatic heterocycles. The van der Waals surface area contributed by atoms with E-state index in [-0.39, 0.29) is 17.8 Å². The number of pyridine rings is 1. The van der Waals surface area contributed by atoms with Crippen LogP contribution in [0.25, 0.3) is 17.0 Å². The van der Waals surface area contributed by atoms with Gasteiger partial charge in [0.2, 0.25) is 5.91 Å². The van der Waals surface area contributed by atoms with Gasteiger partial charge in [0, 0.05) is 31.8 Å². The standard InChI is InChI=1S/C25H30N2O5/c1-5-23(29)27-14-12-25(13-15-27,24(30)31-4)11-10-19-6-7-20-8-9-21(26-22(20)16-19)17(2)32-18(3)28/h6-11,16-17H,5,12-15H2,1-4H3. The number of aromatic nitrogens is 1. The molecule has 1 fully saturated rings. The number of benzene rings is 1. The van der Waals surface area contributed by atoms with E-state index < -0.39 is 11.5 Å². The summed E-state index contributed by atoms with van der Waals surface area (Å²) in [5.74, 6) is -0.531. The Hall–Kier alpha value is -3.22. The van der Waals surface area contributed by atoms with E-state index in [9.17, 15) is 14.4 Å². The Morgan fingerprint density at radius 2 is 1.88 bits per heavy atom. The van der Waals surface area contributed by atoms with Crippen LogP contribution >= 0.6 is 0 Å². The molecule has 3 rings (SSSR count). The van der Waals surface area contributed by atoms with Crippen LogP contribution in [0.5, 0.6) is 0 Å². The molecule has 7 heteroatoms. The molecule has 0 spiro atoms. The maximum atomic E-state index is 12.6. The van der Waals surface area contributed by atoms with Gasteiger partial charge in [-0.15, -0.1) is 0 Å². The van der Waals surface area contributed by atoms with Crippen molar-refractivity contribution in [3.63, 3.8) is 0 Å². The summed E-state index contributed by atoms with van der Waals surface area (Å²) >= 11 is 0. The first kappa shape index (κ1) is 23.4. The molecule has 1 aliphatic heterocycles. The number of methoxy groups -OCH3 is 1. The highest BCUT2D eigenvalue weighted by atomic mass is 16.5. The smallest absolute Gasteiger partial charge is 0.315 e. The molecule has 1 unspecified atom stereocenters. The van der Waals surface area contributed by atoms with E-state index in [2.05, 4.69) is 4.98 Å². The molecule has 0 radical (unpaired) electrons. The van der Waals surface area contributed by atoms with Crippen molar-refractivity contribution in [1.29, 1.82) is 0 Å². The summed E-state index contributed by atoms with van der Waals surface area (Å²) in [7, 11) is 1.40. The minimum Gasteiger partial charge on any atom is -0.468 e. The molecule has 2 aromatic rings. The molecule has 1 saturated heterocycles. The minimum atomic E-state index is -0.757. The van der Waals surface area contributed by atoms with Crippen LogP contribution in [0.1, 0.15) is 57.4 Å². The normalized spacial score (nSPS) is 16.7. The quantitative estimate of drug-likeness (QED) is 0.632. The Morgan fingerprint density at radius 1 is 1.19 bits per heavy atom. The summed E-state index contributed by atoms with van der Waals surface area (Å²) in [6.45, 7) is 6.07. The molecule has 0 aliphatic carbocycles. The van der Waals surface area contributed by atoms with Crippen molar-refractivity contribution in [3.8, 4) is 0 Å². The molecule has 1 amide bonds. The number of rotatable bonds is 6. The van der Waals surface area contributed by atoms with Crippen LogP contribution in [0.3, 0.4) is 0 Å². The maximum Gasteiger partial charge on any atom is 0.315 e. The number of nitrogens with zero attached hydrogens (tertiary/aromatic N) is 2. The predicted octanol–water partition coefficient (Wildman–Crippen LogP) is 4.06.